The molecule has 0 spiro atoms. The molecule has 13 heavy (non-hydrogen) atoms. The van der Waals surface area contributed by atoms with Crippen molar-refractivity contribution >= 4 is 11.9 Å². The molecule has 2 bridgehead atoms. The maximum absolute atomic E-state index is 4.21. The molecule has 5 atom stereocenters. The summed E-state index contributed by atoms with van der Waals surface area (Å²) in [5.41, 5.74) is 1.28. The van der Waals surface area contributed by atoms with Gasteiger partial charge in [0.25, 0.3) is 0 Å². The van der Waals surface area contributed by atoms with E-state index in [-0.39, 0.29) is 0 Å². The molecule has 2 aliphatic carbocycles. The summed E-state index contributed by atoms with van der Waals surface area (Å²) in [5.74, 6) is 4.22. The maximum Gasteiger partial charge on any atom is 0.0415 e. The van der Waals surface area contributed by atoms with Crippen LogP contribution in [0.2, 0.25) is 0 Å². The van der Waals surface area contributed by atoms with Gasteiger partial charge in [-0.2, -0.15) is 10.2 Å². The molecule has 0 saturated heterocycles. The van der Waals surface area contributed by atoms with Crippen LogP contribution in [0.15, 0.2) is 10.2 Å². The molecule has 0 aromatic rings. The van der Waals surface area contributed by atoms with E-state index < -0.39 is 0 Å². The highest BCUT2D eigenvalue weighted by Gasteiger charge is 2.52. The third kappa shape index (κ3) is 0.890. The molecule has 1 heterocycles. The van der Waals surface area contributed by atoms with Gasteiger partial charge in [-0.3, -0.25) is 0 Å². The second-order valence-electron chi connectivity index (χ2n) is 4.98. The Hall–Kier alpha value is -0.660. The molecule has 70 valence electrons. The van der Waals surface area contributed by atoms with Crippen LogP contribution in [0.25, 0.3) is 0 Å². The first-order valence-corrected chi connectivity index (χ1v) is 5.35. The normalized spacial score (nSPS) is 52.2. The Balaban J connectivity index is 1.98. The molecule has 1 aliphatic heterocycles. The number of nitrogens with zero attached hydrogens (tertiary/aromatic N) is 2. The molecule has 3 rings (SSSR count). The van der Waals surface area contributed by atoms with E-state index in [9.17, 15) is 0 Å². The summed E-state index contributed by atoms with van der Waals surface area (Å²) in [4.78, 5) is 0. The van der Waals surface area contributed by atoms with E-state index in [4.69, 9.17) is 0 Å². The second-order valence-corrected chi connectivity index (χ2v) is 4.98. The number of fused-ring (bicyclic) bond motifs is 5. The third-order valence-corrected chi connectivity index (χ3v) is 4.34. The van der Waals surface area contributed by atoms with Crippen LogP contribution in [-0.2, 0) is 0 Å². The highest BCUT2D eigenvalue weighted by atomic mass is 15.2. The van der Waals surface area contributed by atoms with Crippen molar-refractivity contribution in [2.45, 2.75) is 26.7 Å². The summed E-state index contributed by atoms with van der Waals surface area (Å²) >= 11 is 0. The lowest BCUT2D eigenvalue weighted by Gasteiger charge is -2.33. The fourth-order valence-electron chi connectivity index (χ4n) is 3.79. The van der Waals surface area contributed by atoms with Crippen molar-refractivity contribution in [1.82, 2.24) is 0 Å². The molecule has 0 amide bonds. The quantitative estimate of drug-likeness (QED) is 0.541. The lowest BCUT2D eigenvalue weighted by atomic mass is 9.73. The average molecular weight is 176 g/mol. The van der Waals surface area contributed by atoms with Crippen LogP contribution in [0.3, 0.4) is 0 Å². The Kier molecular flexibility index (Phi) is 1.44. The molecule has 0 aromatic carbocycles. The molecular weight excluding hydrogens is 160 g/mol. The molecule has 2 saturated carbocycles. The summed E-state index contributed by atoms with van der Waals surface area (Å²) < 4.78 is 0. The minimum Gasteiger partial charge on any atom is -0.163 e. The van der Waals surface area contributed by atoms with Gasteiger partial charge in [-0.25, -0.2) is 0 Å². The lowest BCUT2D eigenvalue weighted by Crippen LogP contribution is -2.34. The smallest absolute Gasteiger partial charge is 0.0415 e. The van der Waals surface area contributed by atoms with Crippen molar-refractivity contribution in [3.8, 4) is 0 Å². The molecule has 5 unspecified atom stereocenters. The van der Waals surface area contributed by atoms with Gasteiger partial charge in [-0.1, -0.05) is 6.92 Å². The first kappa shape index (κ1) is 7.72. The monoisotopic (exact) mass is 176 g/mol. The summed E-state index contributed by atoms with van der Waals surface area (Å²) in [6.07, 6.45) is 4.95. The van der Waals surface area contributed by atoms with E-state index in [2.05, 4.69) is 30.3 Å². The van der Waals surface area contributed by atoms with Crippen LogP contribution in [0, 0.1) is 29.6 Å². The standard InChI is InChI=1S/C11H16N2/c1-6-3-8-4-9(6)11-7(2)13-12-5-10(8)11/h5-6,8-11H,3-4H2,1-2H3. The zero-order valence-corrected chi connectivity index (χ0v) is 8.27. The van der Waals surface area contributed by atoms with Crippen molar-refractivity contribution in [3.63, 3.8) is 0 Å². The average Bonchev–Trinajstić information content (AvgIpc) is 2.62. The maximum atomic E-state index is 4.21. The number of hydrogen-bond donors (Lipinski definition) is 0. The van der Waals surface area contributed by atoms with Gasteiger partial charge in [-0.05, 0) is 37.5 Å². The Morgan fingerprint density at radius 3 is 3.08 bits per heavy atom. The SMILES string of the molecule is CC1=NN=CC2C3CC(C)C(C3)C12. The minimum absolute atomic E-state index is 0.735. The Morgan fingerprint density at radius 1 is 1.38 bits per heavy atom. The van der Waals surface area contributed by atoms with Gasteiger partial charge < -0.3 is 0 Å². The number of hydrogen-bond acceptors (Lipinski definition) is 2. The van der Waals surface area contributed by atoms with Crippen molar-refractivity contribution in [2.24, 2.45) is 39.8 Å². The third-order valence-electron chi connectivity index (χ3n) is 4.34. The molecule has 3 aliphatic rings. The molecule has 2 heteroatoms. The zero-order valence-electron chi connectivity index (χ0n) is 8.27. The van der Waals surface area contributed by atoms with Crippen LogP contribution in [0.5, 0.6) is 0 Å². The van der Waals surface area contributed by atoms with Crippen molar-refractivity contribution in [2.75, 3.05) is 0 Å². The second kappa shape index (κ2) is 2.43. The van der Waals surface area contributed by atoms with E-state index >= 15 is 0 Å². The van der Waals surface area contributed by atoms with Gasteiger partial charge in [0.15, 0.2) is 0 Å². The summed E-state index contributed by atoms with van der Waals surface area (Å²) in [5, 5.41) is 8.32. The minimum atomic E-state index is 0.735. The van der Waals surface area contributed by atoms with E-state index in [1.165, 1.54) is 18.6 Å². The fraction of sp³-hybridized carbons (Fsp3) is 0.818. The molecule has 0 radical (unpaired) electrons. The Bertz CT molecular complexity index is 292. The predicted octanol–water partition coefficient (Wildman–Crippen LogP) is 2.36. The van der Waals surface area contributed by atoms with Crippen LogP contribution in [0.1, 0.15) is 26.7 Å². The van der Waals surface area contributed by atoms with Gasteiger partial charge in [0.05, 0.1) is 0 Å². The fourth-order valence-corrected chi connectivity index (χ4v) is 3.79. The lowest BCUT2D eigenvalue weighted by molar-refractivity contribution is 0.273. The van der Waals surface area contributed by atoms with Gasteiger partial charge in [0, 0.05) is 23.8 Å². The molecule has 2 fully saturated rings. The molecular formula is C11H16N2. The summed E-state index contributed by atoms with van der Waals surface area (Å²) in [6, 6.07) is 0. The van der Waals surface area contributed by atoms with Gasteiger partial charge in [0.2, 0.25) is 0 Å². The van der Waals surface area contributed by atoms with E-state index in [1.54, 1.807) is 0 Å². The summed E-state index contributed by atoms with van der Waals surface area (Å²) in [6.45, 7) is 4.56. The van der Waals surface area contributed by atoms with Gasteiger partial charge >= 0.3 is 0 Å². The first-order chi connectivity index (χ1) is 6.27. The number of rotatable bonds is 0. The summed E-state index contributed by atoms with van der Waals surface area (Å²) in [7, 11) is 0. The van der Waals surface area contributed by atoms with Crippen molar-refractivity contribution in [1.29, 1.82) is 0 Å². The highest BCUT2D eigenvalue weighted by Crippen LogP contribution is 2.55. The van der Waals surface area contributed by atoms with E-state index in [1.807, 2.05) is 0 Å². The van der Waals surface area contributed by atoms with Gasteiger partial charge in [0.1, 0.15) is 0 Å². The van der Waals surface area contributed by atoms with Crippen molar-refractivity contribution < 1.29 is 0 Å². The molecule has 2 nitrogen and oxygen atoms in total. The topological polar surface area (TPSA) is 24.7 Å². The predicted molar refractivity (Wildman–Crippen MR) is 54.0 cm³/mol. The van der Waals surface area contributed by atoms with Crippen LogP contribution < -0.4 is 0 Å². The Labute approximate surface area is 79.1 Å². The van der Waals surface area contributed by atoms with E-state index in [0.717, 1.165) is 29.6 Å². The van der Waals surface area contributed by atoms with Crippen LogP contribution in [0.4, 0.5) is 0 Å². The van der Waals surface area contributed by atoms with E-state index in [0.29, 0.717) is 0 Å². The molecule has 0 aromatic heterocycles. The van der Waals surface area contributed by atoms with Gasteiger partial charge in [-0.15, -0.1) is 0 Å². The van der Waals surface area contributed by atoms with Crippen LogP contribution >= 0.6 is 0 Å². The molecule has 0 N–H and O–H groups in total. The van der Waals surface area contributed by atoms with Crippen LogP contribution in [-0.4, -0.2) is 11.9 Å². The Morgan fingerprint density at radius 2 is 2.23 bits per heavy atom. The largest absolute Gasteiger partial charge is 0.163 e. The zero-order chi connectivity index (χ0) is 9.00. The first-order valence-electron chi connectivity index (χ1n) is 5.35. The highest BCUT2D eigenvalue weighted by molar-refractivity contribution is 5.90. The van der Waals surface area contributed by atoms with Crippen molar-refractivity contribution in [3.05, 3.63) is 0 Å².